The molecule has 4 N–H and O–H groups in total. The van der Waals surface area contributed by atoms with E-state index < -0.39 is 30.4 Å². The van der Waals surface area contributed by atoms with Gasteiger partial charge in [0.2, 0.25) is 0 Å². The van der Waals surface area contributed by atoms with Gasteiger partial charge in [-0.05, 0) is 0 Å². The molecular weight excluding hydrogens is 319 g/mol. The zero-order chi connectivity index (χ0) is 13.0. The molecule has 1 aliphatic rings. The van der Waals surface area contributed by atoms with E-state index in [1.165, 1.54) is 0 Å². The molecule has 88 valence electrons. The summed E-state index contributed by atoms with van der Waals surface area (Å²) in [4.78, 5) is 42.6. The quantitative estimate of drug-likeness (QED) is 0.291. The largest absolute Gasteiger partial charge is 0.692 e. The smallest absolute Gasteiger partial charge is 0.134 e. The van der Waals surface area contributed by atoms with Gasteiger partial charge in [-0.25, -0.2) is 0 Å². The molecule has 1 heterocycles. The SMILES string of the molecule is O=[CH][Ge]1=[CH]C=CC=[CH]1.O=[P+](O)O.O=[P+](O)O. The van der Waals surface area contributed by atoms with Crippen LogP contribution in [0, 0.1) is 0 Å². The Kier molecular flexibility index (Phi) is 14.2. The fourth-order valence-corrected chi connectivity index (χ4v) is 2.49. The molecule has 10 heteroatoms. The van der Waals surface area contributed by atoms with Gasteiger partial charge in [0.15, 0.2) is 0 Å². The summed E-state index contributed by atoms with van der Waals surface area (Å²) in [7, 11) is -5.74. The van der Waals surface area contributed by atoms with Crippen molar-refractivity contribution in [3.8, 4) is 0 Å². The number of carbonyl (C=O) groups is 1. The van der Waals surface area contributed by atoms with Crippen LogP contribution in [0.1, 0.15) is 0 Å². The predicted molar refractivity (Wildman–Crippen MR) is 60.9 cm³/mol. The Morgan fingerprint density at radius 1 is 0.938 bits per heavy atom. The molecule has 0 radical (unpaired) electrons. The van der Waals surface area contributed by atoms with Gasteiger partial charge in [-0.1, -0.05) is 0 Å². The van der Waals surface area contributed by atoms with Crippen molar-refractivity contribution in [2.24, 2.45) is 0 Å². The van der Waals surface area contributed by atoms with Gasteiger partial charge in [-0.3, -0.25) is 0 Å². The summed E-state index contributed by atoms with van der Waals surface area (Å²) in [5.41, 5.74) is 0. The Morgan fingerprint density at radius 3 is 1.56 bits per heavy atom. The molecule has 0 aliphatic carbocycles. The number of hydrogen-bond donors (Lipinski definition) is 4. The molecule has 0 fully saturated rings. The fraction of sp³-hybridized carbons (Fsp3) is 0. The van der Waals surface area contributed by atoms with Crippen molar-refractivity contribution in [3.05, 3.63) is 23.1 Å². The van der Waals surface area contributed by atoms with Crippen molar-refractivity contribution in [2.75, 3.05) is 0 Å². The van der Waals surface area contributed by atoms with Crippen LogP contribution in [0.4, 0.5) is 0 Å². The molecule has 1 aliphatic heterocycles. The van der Waals surface area contributed by atoms with E-state index in [1.54, 1.807) is 0 Å². The average molecular weight is 329 g/mol. The summed E-state index contributed by atoms with van der Waals surface area (Å²) in [6.07, 6.45) is 5.84. The first kappa shape index (κ1) is 18.0. The maximum Gasteiger partial charge on any atom is 0.692 e. The van der Waals surface area contributed by atoms with E-state index >= 15 is 0 Å². The number of hydrogen-bond acceptors (Lipinski definition) is 3. The summed E-state index contributed by atoms with van der Waals surface area (Å²) >= 11 is -1.42. The maximum atomic E-state index is 10.1. The summed E-state index contributed by atoms with van der Waals surface area (Å²) in [5.74, 6) is 0. The van der Waals surface area contributed by atoms with Gasteiger partial charge < -0.3 is 0 Å². The monoisotopic (exact) mass is 330 g/mol. The standard InChI is InChI=1S/C6H6GeO.2HO3P/c8-6-7-4-2-1-3-5-7;2*1-4(2)3/h1-6H;2*(H-,1,2,3)/p+2. The molecule has 0 aromatic carbocycles. The summed E-state index contributed by atoms with van der Waals surface area (Å²) in [6.45, 7) is 0. The van der Waals surface area contributed by atoms with Crippen LogP contribution in [0.2, 0.25) is 0 Å². The Morgan fingerprint density at radius 2 is 1.38 bits per heavy atom. The Labute approximate surface area is 97.3 Å². The van der Waals surface area contributed by atoms with E-state index in [0.29, 0.717) is 0 Å². The molecule has 0 saturated heterocycles. The summed E-state index contributed by atoms with van der Waals surface area (Å²) < 4.78 is 17.4. The number of allylic oxidation sites excluding steroid dienone is 3. The molecule has 0 aromatic heterocycles. The third-order valence-corrected chi connectivity index (χ3v) is 3.93. The van der Waals surface area contributed by atoms with Crippen molar-refractivity contribution in [2.45, 2.75) is 0 Å². The zero-order valence-electron chi connectivity index (χ0n) is 7.87. The van der Waals surface area contributed by atoms with Crippen molar-refractivity contribution < 1.29 is 33.5 Å². The second-order valence-electron chi connectivity index (χ2n) is 2.03. The average Bonchev–Trinajstić information content (AvgIpc) is 2.17. The summed E-state index contributed by atoms with van der Waals surface area (Å²) in [5, 5.41) is 1.08. The minimum Gasteiger partial charge on any atom is -0.134 e. The van der Waals surface area contributed by atoms with Gasteiger partial charge in [0.1, 0.15) is 0 Å². The molecule has 16 heavy (non-hydrogen) atoms. The van der Waals surface area contributed by atoms with Crippen LogP contribution in [0.25, 0.3) is 0 Å². The first-order valence-corrected chi connectivity index (χ1v) is 9.56. The van der Waals surface area contributed by atoms with Crippen LogP contribution in [-0.2, 0) is 13.9 Å². The maximum absolute atomic E-state index is 10.1. The van der Waals surface area contributed by atoms with Crippen molar-refractivity contribution in [3.63, 3.8) is 0 Å². The van der Waals surface area contributed by atoms with E-state index in [-0.39, 0.29) is 0 Å². The Balaban J connectivity index is 0. The van der Waals surface area contributed by atoms with Gasteiger partial charge in [-0.15, -0.1) is 19.6 Å². The van der Waals surface area contributed by atoms with Crippen LogP contribution in [-0.4, -0.2) is 43.5 Å². The van der Waals surface area contributed by atoms with Gasteiger partial charge in [-0.2, -0.15) is 0 Å². The van der Waals surface area contributed by atoms with Crippen molar-refractivity contribution in [1.82, 2.24) is 0 Å². The van der Waals surface area contributed by atoms with Crippen LogP contribution in [0.5, 0.6) is 0 Å². The molecule has 0 spiro atoms. The van der Waals surface area contributed by atoms with E-state index in [4.69, 9.17) is 28.7 Å². The number of carbonyl (C=O) groups excluding carboxylic acids is 1. The van der Waals surface area contributed by atoms with E-state index in [9.17, 15) is 4.79 Å². The third-order valence-electron chi connectivity index (χ3n) is 0.936. The minimum absolute atomic E-state index is 1.08. The molecule has 1 rings (SSSR count). The van der Waals surface area contributed by atoms with Gasteiger partial charge in [0.25, 0.3) is 0 Å². The van der Waals surface area contributed by atoms with Crippen molar-refractivity contribution >= 4 is 40.4 Å². The molecule has 0 unspecified atom stereocenters. The first-order chi connectivity index (χ1) is 7.40. The topological polar surface area (TPSA) is 132 Å². The molecule has 0 bridgehead atoms. The molecule has 0 aromatic rings. The van der Waals surface area contributed by atoms with Gasteiger partial charge >= 0.3 is 68.3 Å². The van der Waals surface area contributed by atoms with Crippen LogP contribution in [0.15, 0.2) is 23.1 Å². The van der Waals surface area contributed by atoms with E-state index in [1.807, 2.05) is 28.0 Å². The second kappa shape index (κ2) is 12.7. The normalized spacial score (nSPS) is 11.1. The molecule has 7 nitrogen and oxygen atoms in total. The van der Waals surface area contributed by atoms with E-state index in [0.717, 1.165) is 5.12 Å². The second-order valence-corrected chi connectivity index (χ2v) is 7.04. The Hall–Kier alpha value is -0.397. The molecular formula is C6H10GeO7P2+2. The fourth-order valence-electron chi connectivity index (χ4n) is 0.532. The minimum atomic E-state index is -2.87. The third kappa shape index (κ3) is 23.4. The van der Waals surface area contributed by atoms with Gasteiger partial charge in [0, 0.05) is 9.13 Å². The molecule has 0 saturated carbocycles. The Bertz CT molecular complexity index is 316. The van der Waals surface area contributed by atoms with Gasteiger partial charge in [0.05, 0.1) is 0 Å². The molecule has 0 amide bonds. The van der Waals surface area contributed by atoms with Crippen LogP contribution >= 0.6 is 16.5 Å². The van der Waals surface area contributed by atoms with Crippen molar-refractivity contribution in [1.29, 1.82) is 0 Å². The van der Waals surface area contributed by atoms with Crippen LogP contribution in [0.3, 0.4) is 0 Å². The zero-order valence-corrected chi connectivity index (χ0v) is 11.8. The molecule has 0 atom stereocenters. The first-order valence-electron chi connectivity index (χ1n) is 3.60. The number of rotatable bonds is 1. The summed E-state index contributed by atoms with van der Waals surface area (Å²) in [6, 6.07) is 0. The predicted octanol–water partition coefficient (Wildman–Crippen LogP) is -0.441. The van der Waals surface area contributed by atoms with E-state index in [2.05, 4.69) is 0 Å². The van der Waals surface area contributed by atoms with Crippen LogP contribution < -0.4 is 0 Å².